The molecule has 0 saturated carbocycles. The van der Waals surface area contributed by atoms with E-state index in [1.807, 2.05) is 129 Å². The Kier molecular flexibility index (Phi) is 25.5. The second-order valence-corrected chi connectivity index (χ2v) is 30.5. The highest BCUT2D eigenvalue weighted by molar-refractivity contribution is 6.05. The first-order valence-corrected chi connectivity index (χ1v) is 41.5. The Hall–Kier alpha value is -18.1. The number of rotatable bonds is 22. The monoisotopic (exact) mass is 1780 g/mol. The summed E-state index contributed by atoms with van der Waals surface area (Å²) in [6.07, 6.45) is 31.6. The molecule has 0 fully saturated rings. The van der Waals surface area contributed by atoms with E-state index >= 15 is 0 Å². The van der Waals surface area contributed by atoms with Gasteiger partial charge in [-0.15, -0.1) is 0 Å². The minimum Gasteiger partial charge on any atom is -0.497 e. The zero-order chi connectivity index (χ0) is 92.8. The molecule has 0 aliphatic heterocycles. The first kappa shape index (κ1) is 87.9. The summed E-state index contributed by atoms with van der Waals surface area (Å²) in [5.41, 5.74) is 5.98. The smallest absolute Gasteiger partial charge is 0.269 e. The number of nitrogens with zero attached hydrogens (tertiary/aromatic N) is 16. The molecular formula is C100H80N24O10. The lowest BCUT2D eigenvalue weighted by molar-refractivity contribution is -0.132. The van der Waals surface area contributed by atoms with Gasteiger partial charge in [0.2, 0.25) is 22.4 Å². The van der Waals surface area contributed by atoms with Gasteiger partial charge >= 0.3 is 0 Å². The molecule has 20 rings (SSSR count). The second kappa shape index (κ2) is 38.8. The minimum absolute atomic E-state index is 0.0583. The molecule has 20 aromatic rings. The summed E-state index contributed by atoms with van der Waals surface area (Å²) >= 11 is 0. The average molecular weight is 1780 g/mol. The van der Waals surface area contributed by atoms with Crippen LogP contribution in [0.25, 0.3) is 88.1 Å². The molecular weight excluding hydrogens is 1700 g/mol. The highest BCUT2D eigenvalue weighted by Crippen LogP contribution is 2.40. The number of methoxy groups -OCH3 is 2. The van der Waals surface area contributed by atoms with E-state index in [0.717, 1.165) is 99.2 Å². The third-order valence-electron chi connectivity index (χ3n) is 22.0. The van der Waals surface area contributed by atoms with Crippen molar-refractivity contribution in [3.63, 3.8) is 0 Å². The number of H-pyrrole nitrogens is 4. The second-order valence-electron chi connectivity index (χ2n) is 30.5. The molecule has 0 bridgehead atoms. The molecule has 0 spiro atoms. The normalized spacial score (nSPS) is 12.8. The maximum Gasteiger partial charge on any atom is 0.269 e. The summed E-state index contributed by atoms with van der Waals surface area (Å²) in [6, 6.07) is 65.3. The van der Waals surface area contributed by atoms with E-state index in [4.69, 9.17) is 9.47 Å². The fraction of sp³-hybridized carbons (Fsp3) is 0.0800. The molecule has 660 valence electrons. The number of aromatic nitrogens is 20. The molecule has 12 N–H and O–H groups in total. The summed E-state index contributed by atoms with van der Waals surface area (Å²) in [5.74, 6) is -1.51. The van der Waals surface area contributed by atoms with Gasteiger partial charge in [0.05, 0.1) is 109 Å². The van der Waals surface area contributed by atoms with Crippen LogP contribution in [0.15, 0.2) is 342 Å². The van der Waals surface area contributed by atoms with E-state index in [1.165, 1.54) is 76.2 Å². The van der Waals surface area contributed by atoms with Crippen LogP contribution in [0.2, 0.25) is 0 Å². The summed E-state index contributed by atoms with van der Waals surface area (Å²) < 4.78 is 10.7. The average Bonchev–Trinajstić information content (AvgIpc) is 1.23. The van der Waals surface area contributed by atoms with Crippen molar-refractivity contribution in [2.24, 2.45) is 0 Å². The number of benzene rings is 8. The van der Waals surface area contributed by atoms with Gasteiger partial charge in [0.1, 0.15) is 11.5 Å². The minimum atomic E-state index is -2.14. The molecule has 4 amide bonds. The molecule has 0 saturated heterocycles. The summed E-state index contributed by atoms with van der Waals surface area (Å²) in [5, 5.41) is 94.2. The molecule has 0 aliphatic carbocycles. The van der Waals surface area contributed by atoms with E-state index in [2.05, 4.69) is 122 Å². The van der Waals surface area contributed by atoms with Gasteiger partial charge in [-0.3, -0.25) is 39.1 Å². The molecule has 0 unspecified atom stereocenters. The Labute approximate surface area is 762 Å². The fourth-order valence-corrected chi connectivity index (χ4v) is 15.2. The molecule has 34 nitrogen and oxygen atoms in total. The van der Waals surface area contributed by atoms with Crippen LogP contribution >= 0.6 is 0 Å². The number of nitrogens with one attached hydrogen (secondary N) is 8. The largest absolute Gasteiger partial charge is 0.497 e. The van der Waals surface area contributed by atoms with Gasteiger partial charge in [-0.1, -0.05) is 163 Å². The van der Waals surface area contributed by atoms with Gasteiger partial charge in [0, 0.05) is 163 Å². The number of aliphatic hydroxyl groups is 4. The zero-order valence-corrected chi connectivity index (χ0v) is 71.7. The Bertz CT molecular complexity index is 7590. The summed E-state index contributed by atoms with van der Waals surface area (Å²) in [7, 11) is 2.99. The predicted molar refractivity (Wildman–Crippen MR) is 500 cm³/mol. The topological polar surface area (TPSA) is 485 Å². The number of fused-ring (bicyclic) bond motifs is 4. The lowest BCUT2D eigenvalue weighted by Gasteiger charge is -2.27. The molecule has 12 aromatic heterocycles. The number of aryl methyl sites for hydroxylation is 2. The molecule has 4 atom stereocenters. The van der Waals surface area contributed by atoms with Crippen molar-refractivity contribution in [1.82, 2.24) is 101 Å². The number of pyridine rings is 4. The van der Waals surface area contributed by atoms with Crippen LogP contribution in [0.4, 0.5) is 22.7 Å². The van der Waals surface area contributed by atoms with Crippen LogP contribution in [0.3, 0.4) is 0 Å². The summed E-state index contributed by atoms with van der Waals surface area (Å²) in [6.45, 7) is 3.83. The molecule has 8 aromatic carbocycles. The number of ether oxygens (including phenoxy) is 2. The van der Waals surface area contributed by atoms with Crippen molar-refractivity contribution in [3.05, 3.63) is 399 Å². The van der Waals surface area contributed by atoms with Crippen molar-refractivity contribution in [1.29, 1.82) is 0 Å². The quantitative estimate of drug-likeness (QED) is 0.0300. The number of anilines is 4. The van der Waals surface area contributed by atoms with Crippen LogP contribution in [-0.4, -0.2) is 159 Å². The number of carbonyl (C=O) groups excluding carboxylic acids is 4. The molecule has 0 radical (unpaired) electrons. The molecule has 134 heavy (non-hydrogen) atoms. The summed E-state index contributed by atoms with van der Waals surface area (Å²) in [4.78, 5) is 99.0. The lowest BCUT2D eigenvalue weighted by atomic mass is 9.90. The SMILES string of the molecule is COc1cccc([C@](O)(C(=O)Nc2cncc(-c3cnnc4ccccc34)c2)c2ncc[nH]2)c1.COc1ccccc1[C@](O)(C(=O)Nc1cncc(-c2cnnc3ccccc23)c1)c1ncc[nH]1.Cc1ccc([C@](O)(C(=O)Nc2cncc(-c3cnnc4ccccc34)c2)c2ncc[nH]2)cc1.Cc1cccc([C@](O)(C(=O)Nc2cncc(-c3cnnc4ccccc34)c2)c2ncc[nH]2)c1. The zero-order valence-electron chi connectivity index (χ0n) is 71.7. The standard InChI is InChI=1S/2C25H20N6O3.2C25H20N6O2/c1-34-22-9-5-3-7-20(22)25(33,23-27-10-11-28-23)24(32)30-17-12-16(13-26-14-17)19-15-29-31-21-8-4-2-6-18(19)21;1-34-19-6-4-5-17(12-19)25(33,23-27-9-10-28-23)24(32)30-18-11-16(13-26-14-18)21-15-29-31-22-8-3-2-7-20(21)22;1-16-5-4-6-18(11-16)25(33,23-27-9-10-28-23)24(32)30-19-12-17(13-26-14-19)21-15-29-31-22-8-3-2-7-20(21)22;1-16-6-8-18(9-7-16)25(33,23-27-10-11-28-23)24(32)30-19-12-17(13-26-14-19)21-15-29-31-22-5-3-2-4-20(21)22/h2*2-15,33H,1H3,(H,27,28)(H,30,32);2*2-15,33H,1H3,(H,27,28)(H,30,32)/t4*25-/m1111/s1. The van der Waals surface area contributed by atoms with Crippen molar-refractivity contribution in [3.8, 4) is 56.0 Å². The predicted octanol–water partition coefficient (Wildman–Crippen LogP) is 13.8. The third kappa shape index (κ3) is 18.1. The first-order valence-electron chi connectivity index (χ1n) is 41.5. The highest BCUT2D eigenvalue weighted by Gasteiger charge is 2.47. The number of hydrogen-bond acceptors (Lipinski definition) is 26. The Balaban J connectivity index is 0.000000124. The fourth-order valence-electron chi connectivity index (χ4n) is 15.2. The highest BCUT2D eigenvalue weighted by atomic mass is 16.5. The van der Waals surface area contributed by atoms with Crippen LogP contribution in [0, 0.1) is 13.8 Å². The van der Waals surface area contributed by atoms with Crippen LogP contribution in [0.5, 0.6) is 11.5 Å². The first-order chi connectivity index (χ1) is 65.3. The number of aromatic amines is 4. The lowest BCUT2D eigenvalue weighted by Crippen LogP contribution is -2.42. The Morgan fingerprint density at radius 1 is 0.306 bits per heavy atom. The maximum atomic E-state index is 13.5. The van der Waals surface area contributed by atoms with Gasteiger partial charge in [-0.2, -0.15) is 40.8 Å². The van der Waals surface area contributed by atoms with Gasteiger partial charge in [-0.25, -0.2) is 19.9 Å². The van der Waals surface area contributed by atoms with Crippen LogP contribution in [0.1, 0.15) is 56.7 Å². The number of carbonyl (C=O) groups is 4. The third-order valence-corrected chi connectivity index (χ3v) is 22.0. The van der Waals surface area contributed by atoms with Crippen molar-refractivity contribution in [2.45, 2.75) is 36.3 Å². The van der Waals surface area contributed by atoms with E-state index in [-0.39, 0.29) is 28.9 Å². The number of imidazole rings is 4. The van der Waals surface area contributed by atoms with Crippen molar-refractivity contribution < 1.29 is 49.1 Å². The van der Waals surface area contributed by atoms with Gasteiger partial charge in [0.15, 0.2) is 23.3 Å². The van der Waals surface area contributed by atoms with Crippen molar-refractivity contribution >= 4 is 90.0 Å². The van der Waals surface area contributed by atoms with E-state index in [0.29, 0.717) is 50.9 Å². The Morgan fingerprint density at radius 2 is 0.627 bits per heavy atom. The van der Waals surface area contributed by atoms with Gasteiger partial charge < -0.3 is 71.1 Å². The van der Waals surface area contributed by atoms with Crippen LogP contribution < -0.4 is 30.7 Å². The number of para-hydroxylation sites is 1. The maximum absolute atomic E-state index is 13.5. The van der Waals surface area contributed by atoms with Crippen molar-refractivity contribution in [2.75, 3.05) is 35.5 Å². The van der Waals surface area contributed by atoms with E-state index in [9.17, 15) is 39.6 Å². The van der Waals surface area contributed by atoms with E-state index in [1.54, 1.807) is 165 Å². The van der Waals surface area contributed by atoms with E-state index < -0.39 is 46.0 Å². The van der Waals surface area contributed by atoms with Gasteiger partial charge in [-0.05, 0) is 80.6 Å². The van der Waals surface area contributed by atoms with Crippen LogP contribution in [-0.2, 0) is 41.6 Å². The molecule has 12 heterocycles. The Morgan fingerprint density at radius 3 is 0.970 bits per heavy atom. The number of hydrogen-bond donors (Lipinski definition) is 12. The molecule has 34 heteroatoms. The number of amides is 4. The molecule has 0 aliphatic rings. The van der Waals surface area contributed by atoms with Gasteiger partial charge in [0.25, 0.3) is 23.6 Å².